The molecule has 0 spiro atoms. The van der Waals surface area contributed by atoms with E-state index in [0.29, 0.717) is 36.1 Å². The van der Waals surface area contributed by atoms with Crippen LogP contribution in [0.4, 0.5) is 4.79 Å². The average Bonchev–Trinajstić information content (AvgIpc) is 3.02. The van der Waals surface area contributed by atoms with Crippen LogP contribution in [0.5, 0.6) is 0 Å². The molecule has 152 valence electrons. The van der Waals surface area contributed by atoms with Gasteiger partial charge in [0.05, 0.1) is 24.4 Å². The van der Waals surface area contributed by atoms with Gasteiger partial charge >= 0.3 is 6.09 Å². The molecule has 1 aliphatic rings. The molecule has 1 fully saturated rings. The third-order valence-electron chi connectivity index (χ3n) is 4.77. The van der Waals surface area contributed by atoms with Gasteiger partial charge in [0.15, 0.2) is 0 Å². The third kappa shape index (κ3) is 5.40. The average molecular weight is 582 g/mol. The summed E-state index contributed by atoms with van der Waals surface area (Å²) in [5, 5.41) is 8.30. The highest BCUT2D eigenvalue weighted by Crippen LogP contribution is 2.29. The summed E-state index contributed by atoms with van der Waals surface area (Å²) in [5.41, 5.74) is 2.75. The van der Waals surface area contributed by atoms with Gasteiger partial charge in [0.2, 0.25) is 0 Å². The van der Waals surface area contributed by atoms with Gasteiger partial charge in [0, 0.05) is 25.1 Å². The van der Waals surface area contributed by atoms with Gasteiger partial charge in [-0.3, -0.25) is 0 Å². The van der Waals surface area contributed by atoms with Gasteiger partial charge in [-0.2, -0.15) is 0 Å². The van der Waals surface area contributed by atoms with E-state index in [1.165, 1.54) is 19.3 Å². The maximum atomic E-state index is 12.3. The first-order valence-corrected chi connectivity index (χ1v) is 13.7. The number of aryl methyl sites for hydroxylation is 1. The molecule has 28 heavy (non-hydrogen) atoms. The molecule has 2 aromatic rings. The number of ether oxygens (including phenoxy) is 1. The van der Waals surface area contributed by atoms with Crippen molar-refractivity contribution in [2.75, 3.05) is 13.6 Å². The van der Waals surface area contributed by atoms with E-state index in [2.05, 4.69) is 53.3 Å². The van der Waals surface area contributed by atoms with Gasteiger partial charge < -0.3 is 14.2 Å². The molecule has 2 aromatic heterocycles. The molecule has 1 aliphatic carbocycles. The normalized spacial score (nSPS) is 14.4. The zero-order valence-corrected chi connectivity index (χ0v) is 20.4. The number of halogens is 2. The molecule has 1 saturated carbocycles. The summed E-state index contributed by atoms with van der Waals surface area (Å²) in [5.74, 6) is 0.599. The van der Waals surface area contributed by atoms with E-state index in [0.717, 1.165) is 16.7 Å². The lowest BCUT2D eigenvalue weighted by molar-refractivity contribution is 0.0913. The second-order valence-corrected chi connectivity index (χ2v) is 9.35. The highest BCUT2D eigenvalue weighted by molar-refractivity contribution is 14.2. The molecule has 1 unspecified atom stereocenters. The number of hydrogen-bond donors (Lipinski definition) is 0. The number of rotatable bonds is 8. The standard InChI is InChI=1S/C17H22BrIN5O3P/c1-23(8-11-4-3-5-11)17(25)26-10-15-16(21-22-24(15)2)13-7-6-12(18)14(20-13)9-27-28-19/h6-7,11,28H,3-5,8-10H2,1-2H3. The number of carbonyl (C=O) groups excluding carboxylic acids is 1. The van der Waals surface area contributed by atoms with Crippen LogP contribution in [-0.4, -0.2) is 44.6 Å². The highest BCUT2D eigenvalue weighted by Gasteiger charge is 2.23. The molecule has 2 heterocycles. The zero-order valence-electron chi connectivity index (χ0n) is 15.7. The van der Waals surface area contributed by atoms with E-state index in [1.807, 2.05) is 12.1 Å². The number of carbonyl (C=O) groups is 1. The van der Waals surface area contributed by atoms with Crippen LogP contribution >= 0.6 is 44.4 Å². The van der Waals surface area contributed by atoms with Gasteiger partial charge in [0.1, 0.15) is 18.0 Å². The van der Waals surface area contributed by atoms with Gasteiger partial charge in [-0.25, -0.2) is 14.5 Å². The minimum Gasteiger partial charge on any atom is -0.443 e. The summed E-state index contributed by atoms with van der Waals surface area (Å²) in [4.78, 5) is 18.6. The maximum absolute atomic E-state index is 12.3. The van der Waals surface area contributed by atoms with Crippen molar-refractivity contribution in [3.05, 3.63) is 28.0 Å². The predicted molar refractivity (Wildman–Crippen MR) is 119 cm³/mol. The summed E-state index contributed by atoms with van der Waals surface area (Å²) in [6.07, 6.45) is 3.29. The third-order valence-corrected chi connectivity index (χ3v) is 6.68. The second kappa shape index (κ2) is 10.3. The van der Waals surface area contributed by atoms with Crippen molar-refractivity contribution in [3.63, 3.8) is 0 Å². The molecule has 0 bridgehead atoms. The molecule has 8 nitrogen and oxygen atoms in total. The number of nitrogens with zero attached hydrogens (tertiary/aromatic N) is 5. The fraction of sp³-hybridized carbons (Fsp3) is 0.529. The van der Waals surface area contributed by atoms with Crippen LogP contribution in [0.1, 0.15) is 30.7 Å². The molecule has 1 atom stereocenters. The largest absolute Gasteiger partial charge is 0.443 e. The van der Waals surface area contributed by atoms with Crippen molar-refractivity contribution in [3.8, 4) is 11.4 Å². The first kappa shape index (κ1) is 21.9. The minimum atomic E-state index is -0.333. The summed E-state index contributed by atoms with van der Waals surface area (Å²) in [6, 6.07) is 3.77. The Bertz CT molecular complexity index is 833. The van der Waals surface area contributed by atoms with Crippen molar-refractivity contribution in [1.82, 2.24) is 24.9 Å². The van der Waals surface area contributed by atoms with E-state index in [1.54, 1.807) is 23.7 Å². The van der Waals surface area contributed by atoms with Gasteiger partial charge in [-0.05, 0) is 68.9 Å². The van der Waals surface area contributed by atoms with Gasteiger partial charge in [-0.1, -0.05) is 11.6 Å². The van der Waals surface area contributed by atoms with Crippen LogP contribution in [0, 0.1) is 5.92 Å². The Morgan fingerprint density at radius 2 is 2.21 bits per heavy atom. The SMILES string of the molecule is CN(CC1CCC1)C(=O)OCc1c(-c2ccc(Br)c(COPI)n2)nnn1C. The van der Waals surface area contributed by atoms with Crippen LogP contribution in [0.25, 0.3) is 11.4 Å². The van der Waals surface area contributed by atoms with Crippen molar-refractivity contribution in [2.45, 2.75) is 32.5 Å². The fourth-order valence-electron chi connectivity index (χ4n) is 2.93. The Kier molecular flexibility index (Phi) is 8.02. The number of aromatic nitrogens is 4. The van der Waals surface area contributed by atoms with Crippen LogP contribution in [0.15, 0.2) is 16.6 Å². The van der Waals surface area contributed by atoms with E-state index in [9.17, 15) is 4.79 Å². The van der Waals surface area contributed by atoms with Crippen LogP contribution < -0.4 is 0 Å². The summed E-state index contributed by atoms with van der Waals surface area (Å²) < 4.78 is 13.5. The Labute approximate surface area is 187 Å². The van der Waals surface area contributed by atoms with Gasteiger partial charge in [-0.15, -0.1) is 5.10 Å². The van der Waals surface area contributed by atoms with Gasteiger partial charge in [0.25, 0.3) is 0 Å². The Morgan fingerprint density at radius 3 is 2.89 bits per heavy atom. The summed E-state index contributed by atoms with van der Waals surface area (Å²) in [7, 11) is 3.55. The van der Waals surface area contributed by atoms with Crippen LogP contribution in [0.2, 0.25) is 0 Å². The number of pyridine rings is 1. The van der Waals surface area contributed by atoms with E-state index >= 15 is 0 Å². The molecule has 0 radical (unpaired) electrons. The van der Waals surface area contributed by atoms with Crippen molar-refractivity contribution >= 4 is 50.5 Å². The minimum absolute atomic E-state index is 0.0887. The number of amides is 1. The summed E-state index contributed by atoms with van der Waals surface area (Å²) >= 11 is 5.67. The fourth-order valence-corrected chi connectivity index (χ4v) is 3.92. The van der Waals surface area contributed by atoms with Crippen molar-refractivity contribution in [1.29, 1.82) is 0 Å². The van der Waals surface area contributed by atoms with E-state index in [-0.39, 0.29) is 12.7 Å². The van der Waals surface area contributed by atoms with Crippen molar-refractivity contribution in [2.24, 2.45) is 13.0 Å². The first-order valence-electron chi connectivity index (χ1n) is 8.89. The molecule has 1 amide bonds. The monoisotopic (exact) mass is 581 g/mol. The quantitative estimate of drug-likeness (QED) is 0.338. The zero-order chi connectivity index (χ0) is 20.1. The molecule has 0 aliphatic heterocycles. The first-order chi connectivity index (χ1) is 13.5. The smallest absolute Gasteiger partial charge is 0.409 e. The lowest BCUT2D eigenvalue weighted by Gasteiger charge is -2.29. The number of hydrogen-bond acceptors (Lipinski definition) is 6. The molecule has 3 rings (SSSR count). The van der Waals surface area contributed by atoms with Crippen LogP contribution in [-0.2, 0) is 29.5 Å². The predicted octanol–water partition coefficient (Wildman–Crippen LogP) is 4.47. The Hall–Kier alpha value is -0.840. The molecule has 0 saturated heterocycles. The lowest BCUT2D eigenvalue weighted by Crippen LogP contribution is -2.34. The molecular formula is C17H22BrIN5O3P. The van der Waals surface area contributed by atoms with E-state index < -0.39 is 0 Å². The maximum Gasteiger partial charge on any atom is 0.409 e. The Morgan fingerprint density at radius 1 is 1.43 bits per heavy atom. The highest BCUT2D eigenvalue weighted by atomic mass is 127. The second-order valence-electron chi connectivity index (χ2n) is 6.73. The lowest BCUT2D eigenvalue weighted by atomic mass is 9.85. The molecule has 0 N–H and O–H groups in total. The molecule has 11 heteroatoms. The van der Waals surface area contributed by atoms with Crippen LogP contribution in [0.3, 0.4) is 0 Å². The van der Waals surface area contributed by atoms with E-state index in [4.69, 9.17) is 9.26 Å². The topological polar surface area (TPSA) is 82.4 Å². The molecule has 0 aromatic carbocycles. The summed E-state index contributed by atoms with van der Waals surface area (Å²) in [6.45, 7) is 1.59. The van der Waals surface area contributed by atoms with Crippen molar-refractivity contribution < 1.29 is 14.1 Å². The molecular weight excluding hydrogens is 560 g/mol. The Balaban J connectivity index is 1.70.